The maximum Gasteiger partial charge on any atom is 0.229 e. The van der Waals surface area contributed by atoms with Gasteiger partial charge in [-0.25, -0.2) is 4.98 Å². The zero-order chi connectivity index (χ0) is 13.5. The predicted molar refractivity (Wildman–Crippen MR) is 79.7 cm³/mol. The van der Waals surface area contributed by atoms with Gasteiger partial charge in [0.25, 0.3) is 0 Å². The van der Waals surface area contributed by atoms with E-state index in [4.69, 9.17) is 0 Å². The lowest BCUT2D eigenvalue weighted by molar-refractivity contribution is -0.115. The number of thiophene rings is 1. The summed E-state index contributed by atoms with van der Waals surface area (Å²) in [5, 5.41) is 8.00. The van der Waals surface area contributed by atoms with Crippen molar-refractivity contribution < 1.29 is 4.79 Å². The largest absolute Gasteiger partial charge is 0.370 e. The minimum Gasteiger partial charge on any atom is -0.370 e. The second kappa shape index (κ2) is 6.89. The van der Waals surface area contributed by atoms with Crippen molar-refractivity contribution in [3.8, 4) is 0 Å². The highest BCUT2D eigenvalue weighted by molar-refractivity contribution is 7.10. The molecule has 0 unspecified atom stereocenters. The molecular formula is C14H17N3OS. The lowest BCUT2D eigenvalue weighted by Crippen LogP contribution is -2.14. The van der Waals surface area contributed by atoms with Gasteiger partial charge in [0, 0.05) is 11.4 Å². The smallest absolute Gasteiger partial charge is 0.229 e. The first kappa shape index (κ1) is 13.5. The van der Waals surface area contributed by atoms with Gasteiger partial charge in [-0.05, 0) is 30.0 Å². The Kier molecular flexibility index (Phi) is 4.92. The molecule has 0 bridgehead atoms. The number of amides is 1. The molecule has 0 spiro atoms. The Morgan fingerprint density at radius 1 is 1.37 bits per heavy atom. The third kappa shape index (κ3) is 4.37. The van der Waals surface area contributed by atoms with Crippen LogP contribution in [0.1, 0.15) is 18.2 Å². The number of nitrogens with zero attached hydrogens (tertiary/aromatic N) is 1. The summed E-state index contributed by atoms with van der Waals surface area (Å²) in [6.45, 7) is 3.00. The van der Waals surface area contributed by atoms with E-state index in [1.165, 1.54) is 0 Å². The predicted octanol–water partition coefficient (Wildman–Crippen LogP) is 3.15. The van der Waals surface area contributed by atoms with Crippen LogP contribution in [-0.4, -0.2) is 17.4 Å². The molecule has 0 fully saturated rings. The number of carbonyl (C=O) groups excluding carboxylic acids is 1. The number of hydrogen-bond acceptors (Lipinski definition) is 4. The minimum atomic E-state index is -0.0153. The fraction of sp³-hybridized carbons (Fsp3) is 0.286. The lowest BCUT2D eigenvalue weighted by Gasteiger charge is -2.06. The molecule has 19 heavy (non-hydrogen) atoms. The van der Waals surface area contributed by atoms with Crippen molar-refractivity contribution in [1.29, 1.82) is 0 Å². The molecule has 0 aromatic carbocycles. The van der Waals surface area contributed by atoms with Gasteiger partial charge in [0.05, 0.1) is 18.3 Å². The Morgan fingerprint density at radius 2 is 2.26 bits per heavy atom. The molecule has 5 heteroatoms. The van der Waals surface area contributed by atoms with E-state index < -0.39 is 0 Å². The van der Waals surface area contributed by atoms with Crippen LogP contribution in [0, 0.1) is 0 Å². The van der Waals surface area contributed by atoms with Gasteiger partial charge in [0.1, 0.15) is 5.82 Å². The molecule has 0 atom stereocenters. The van der Waals surface area contributed by atoms with Crippen LogP contribution >= 0.6 is 11.3 Å². The molecule has 2 N–H and O–H groups in total. The number of rotatable bonds is 6. The second-order valence-electron chi connectivity index (χ2n) is 4.16. The first-order valence-electron chi connectivity index (χ1n) is 6.30. The number of aromatic nitrogens is 1. The number of carbonyl (C=O) groups is 1. The standard InChI is InChI=1S/C14H17N3OS/c1-2-7-15-13-6-5-11(10-16-13)17-14(18)9-12-4-3-8-19-12/h3-6,8,10H,2,7,9H2,1H3,(H,15,16)(H,17,18). The van der Waals surface area contributed by atoms with Crippen LogP contribution in [0.15, 0.2) is 35.8 Å². The number of nitrogens with one attached hydrogen (secondary N) is 2. The van der Waals surface area contributed by atoms with Gasteiger partial charge >= 0.3 is 0 Å². The zero-order valence-electron chi connectivity index (χ0n) is 10.8. The summed E-state index contributed by atoms with van der Waals surface area (Å²) in [5.41, 5.74) is 0.726. The Labute approximate surface area is 116 Å². The van der Waals surface area contributed by atoms with E-state index in [1.807, 2.05) is 29.6 Å². The first-order chi connectivity index (χ1) is 9.28. The second-order valence-corrected chi connectivity index (χ2v) is 5.20. The highest BCUT2D eigenvalue weighted by Gasteiger charge is 2.05. The molecule has 4 nitrogen and oxygen atoms in total. The molecule has 2 rings (SSSR count). The summed E-state index contributed by atoms with van der Waals surface area (Å²) in [6, 6.07) is 7.64. The number of pyridine rings is 1. The Bertz CT molecular complexity index is 508. The van der Waals surface area contributed by atoms with Crippen LogP contribution in [0.4, 0.5) is 11.5 Å². The van der Waals surface area contributed by atoms with Gasteiger partial charge in [-0.2, -0.15) is 0 Å². The highest BCUT2D eigenvalue weighted by Crippen LogP contribution is 2.12. The normalized spacial score (nSPS) is 10.2. The van der Waals surface area contributed by atoms with Crippen molar-refractivity contribution in [2.45, 2.75) is 19.8 Å². The molecule has 2 aromatic rings. The number of anilines is 2. The van der Waals surface area contributed by atoms with E-state index in [1.54, 1.807) is 17.5 Å². The molecule has 0 saturated carbocycles. The fourth-order valence-corrected chi connectivity index (χ4v) is 2.31. The van der Waals surface area contributed by atoms with Crippen LogP contribution < -0.4 is 10.6 Å². The van der Waals surface area contributed by atoms with Crippen molar-refractivity contribution in [2.24, 2.45) is 0 Å². The van der Waals surface area contributed by atoms with Gasteiger partial charge in [-0.15, -0.1) is 11.3 Å². The maximum absolute atomic E-state index is 11.8. The van der Waals surface area contributed by atoms with Gasteiger partial charge in [-0.3, -0.25) is 4.79 Å². The zero-order valence-corrected chi connectivity index (χ0v) is 11.7. The third-order valence-electron chi connectivity index (χ3n) is 2.52. The van der Waals surface area contributed by atoms with Crippen molar-refractivity contribution >= 4 is 28.7 Å². The SMILES string of the molecule is CCCNc1ccc(NC(=O)Cc2cccs2)cn1. The van der Waals surface area contributed by atoms with Crippen molar-refractivity contribution in [3.05, 3.63) is 40.7 Å². The lowest BCUT2D eigenvalue weighted by atomic mass is 10.3. The van der Waals surface area contributed by atoms with E-state index >= 15 is 0 Å². The molecule has 0 aliphatic heterocycles. The van der Waals surface area contributed by atoms with Gasteiger partial charge < -0.3 is 10.6 Å². The molecule has 2 heterocycles. The maximum atomic E-state index is 11.8. The van der Waals surface area contributed by atoms with Crippen LogP contribution in [0.5, 0.6) is 0 Å². The van der Waals surface area contributed by atoms with Crippen molar-refractivity contribution in [2.75, 3.05) is 17.2 Å². The van der Waals surface area contributed by atoms with E-state index in [2.05, 4.69) is 22.5 Å². The van der Waals surface area contributed by atoms with E-state index in [0.717, 1.165) is 29.3 Å². The van der Waals surface area contributed by atoms with E-state index in [-0.39, 0.29) is 5.91 Å². The van der Waals surface area contributed by atoms with E-state index in [0.29, 0.717) is 6.42 Å². The van der Waals surface area contributed by atoms with E-state index in [9.17, 15) is 4.79 Å². The summed E-state index contributed by atoms with van der Waals surface area (Å²) in [6.07, 6.45) is 3.14. The molecule has 0 radical (unpaired) electrons. The van der Waals surface area contributed by atoms with Gasteiger partial charge in [0.15, 0.2) is 0 Å². The summed E-state index contributed by atoms with van der Waals surface area (Å²) in [7, 11) is 0. The van der Waals surface area contributed by atoms with Crippen LogP contribution in [-0.2, 0) is 11.2 Å². The van der Waals surface area contributed by atoms with Crippen molar-refractivity contribution in [1.82, 2.24) is 4.98 Å². The summed E-state index contributed by atoms with van der Waals surface area (Å²) < 4.78 is 0. The highest BCUT2D eigenvalue weighted by atomic mass is 32.1. The third-order valence-corrected chi connectivity index (χ3v) is 3.39. The first-order valence-corrected chi connectivity index (χ1v) is 7.18. The fourth-order valence-electron chi connectivity index (χ4n) is 1.60. The Morgan fingerprint density at radius 3 is 2.89 bits per heavy atom. The summed E-state index contributed by atoms with van der Waals surface area (Å²) in [4.78, 5) is 17.1. The quantitative estimate of drug-likeness (QED) is 0.851. The van der Waals surface area contributed by atoms with Crippen LogP contribution in [0.3, 0.4) is 0 Å². The molecule has 2 aromatic heterocycles. The van der Waals surface area contributed by atoms with Crippen LogP contribution in [0.25, 0.3) is 0 Å². The minimum absolute atomic E-state index is 0.0153. The molecular weight excluding hydrogens is 258 g/mol. The van der Waals surface area contributed by atoms with Crippen molar-refractivity contribution in [3.63, 3.8) is 0 Å². The molecule has 0 aliphatic rings. The average molecular weight is 275 g/mol. The summed E-state index contributed by atoms with van der Waals surface area (Å²) >= 11 is 1.59. The molecule has 0 saturated heterocycles. The summed E-state index contributed by atoms with van der Waals surface area (Å²) in [5.74, 6) is 0.816. The van der Waals surface area contributed by atoms with Crippen LogP contribution in [0.2, 0.25) is 0 Å². The average Bonchev–Trinajstić information content (AvgIpc) is 2.90. The number of hydrogen-bond donors (Lipinski definition) is 2. The molecule has 1 amide bonds. The topological polar surface area (TPSA) is 54.0 Å². The van der Waals surface area contributed by atoms with Gasteiger partial charge in [0.2, 0.25) is 5.91 Å². The molecule has 0 aliphatic carbocycles. The Balaban J connectivity index is 1.86. The Hall–Kier alpha value is -1.88. The monoisotopic (exact) mass is 275 g/mol. The van der Waals surface area contributed by atoms with Gasteiger partial charge in [-0.1, -0.05) is 13.0 Å². The molecule has 100 valence electrons.